The van der Waals surface area contributed by atoms with Crippen molar-refractivity contribution in [1.29, 1.82) is 0 Å². The van der Waals surface area contributed by atoms with Crippen LogP contribution in [-0.2, 0) is 10.0 Å². The largest absolute Gasteiger partial charge is 0.508 e. The van der Waals surface area contributed by atoms with E-state index in [1.807, 2.05) is 18.4 Å². The van der Waals surface area contributed by atoms with Gasteiger partial charge in [0.25, 0.3) is 5.91 Å². The molecule has 6 nitrogen and oxygen atoms in total. The molecule has 1 aromatic heterocycles. The van der Waals surface area contributed by atoms with E-state index in [9.17, 15) is 18.3 Å². The van der Waals surface area contributed by atoms with Gasteiger partial charge in [0.1, 0.15) is 5.75 Å². The van der Waals surface area contributed by atoms with Crippen LogP contribution in [0.5, 0.6) is 5.75 Å². The molecule has 0 unspecified atom stereocenters. The number of carbonyl (C=O) groups excluding carboxylic acids is 1. The summed E-state index contributed by atoms with van der Waals surface area (Å²) in [6, 6.07) is 13.4. The number of sulfonamides is 1. The first-order valence-corrected chi connectivity index (χ1v) is 10.8. The van der Waals surface area contributed by atoms with Crippen LogP contribution in [-0.4, -0.2) is 25.7 Å². The van der Waals surface area contributed by atoms with Gasteiger partial charge in [-0.3, -0.25) is 9.52 Å². The molecule has 0 bridgehead atoms. The van der Waals surface area contributed by atoms with Gasteiger partial charge in [0.2, 0.25) is 10.0 Å². The zero-order valence-corrected chi connectivity index (χ0v) is 16.3. The van der Waals surface area contributed by atoms with Crippen molar-refractivity contribution in [3.05, 3.63) is 64.4 Å². The molecule has 0 aliphatic rings. The molecule has 0 aliphatic carbocycles. The summed E-state index contributed by atoms with van der Waals surface area (Å²) < 4.78 is 25.0. The summed E-state index contributed by atoms with van der Waals surface area (Å²) in [5, 5.41) is 14.3. The van der Waals surface area contributed by atoms with Crippen molar-refractivity contribution < 1.29 is 18.3 Å². The Morgan fingerprint density at radius 2 is 1.81 bits per heavy atom. The molecule has 0 atom stereocenters. The molecule has 3 rings (SSSR count). The Balaban J connectivity index is 1.79. The second kappa shape index (κ2) is 7.42. The quantitative estimate of drug-likeness (QED) is 0.600. The number of aromatic hydroxyl groups is 1. The van der Waals surface area contributed by atoms with E-state index in [0.717, 1.165) is 22.9 Å². The molecule has 0 fully saturated rings. The van der Waals surface area contributed by atoms with Gasteiger partial charge >= 0.3 is 0 Å². The molecule has 2 aromatic carbocycles. The molecule has 0 aliphatic heterocycles. The number of hydrogen-bond donors (Lipinski definition) is 3. The van der Waals surface area contributed by atoms with Crippen LogP contribution in [0.2, 0.25) is 0 Å². The first-order valence-electron chi connectivity index (χ1n) is 7.99. The van der Waals surface area contributed by atoms with Crippen LogP contribution >= 0.6 is 11.3 Å². The lowest BCUT2D eigenvalue weighted by Crippen LogP contribution is -2.12. The van der Waals surface area contributed by atoms with E-state index in [-0.39, 0.29) is 11.7 Å². The number of phenols is 1. The third-order valence-corrected chi connectivity index (χ3v) is 5.31. The standard InChI is InChI=1S/C19H18N2O4S2/c1-12-6-7-16(22)10-17(12)13-8-18(26-11-13)19(23)20-14-4-3-5-15(9-14)21-27(2,24)25/h3-11,21-22H,1-2H3,(H,20,23). The first-order chi connectivity index (χ1) is 12.7. The zero-order chi connectivity index (χ0) is 19.6. The summed E-state index contributed by atoms with van der Waals surface area (Å²) in [6.45, 7) is 1.94. The molecule has 0 radical (unpaired) electrons. The summed E-state index contributed by atoms with van der Waals surface area (Å²) >= 11 is 1.30. The summed E-state index contributed by atoms with van der Waals surface area (Å²) in [6.07, 6.45) is 1.06. The smallest absolute Gasteiger partial charge is 0.265 e. The molecule has 8 heteroatoms. The number of amides is 1. The van der Waals surface area contributed by atoms with E-state index in [4.69, 9.17) is 0 Å². The minimum absolute atomic E-state index is 0.169. The van der Waals surface area contributed by atoms with Gasteiger partial charge in [-0.05, 0) is 65.4 Å². The van der Waals surface area contributed by atoms with Gasteiger partial charge in [-0.25, -0.2) is 8.42 Å². The van der Waals surface area contributed by atoms with Crippen molar-refractivity contribution in [2.45, 2.75) is 6.92 Å². The number of rotatable bonds is 5. The zero-order valence-electron chi connectivity index (χ0n) is 14.7. The fraction of sp³-hybridized carbons (Fsp3) is 0.105. The first kappa shape index (κ1) is 18.9. The van der Waals surface area contributed by atoms with E-state index >= 15 is 0 Å². The minimum atomic E-state index is -3.39. The Morgan fingerprint density at radius 1 is 1.07 bits per heavy atom. The lowest BCUT2D eigenvalue weighted by atomic mass is 10.0. The fourth-order valence-corrected chi connectivity index (χ4v) is 3.94. The van der Waals surface area contributed by atoms with E-state index in [1.54, 1.807) is 42.5 Å². The average molecular weight is 402 g/mol. The predicted octanol–water partition coefficient (Wildman–Crippen LogP) is 4.05. The Bertz CT molecular complexity index is 1100. The van der Waals surface area contributed by atoms with Crippen LogP contribution in [0, 0.1) is 6.92 Å². The number of phenolic OH excluding ortho intramolecular Hbond substituents is 1. The average Bonchev–Trinajstić information content (AvgIpc) is 3.06. The molecule has 0 saturated heterocycles. The Morgan fingerprint density at radius 3 is 2.56 bits per heavy atom. The lowest BCUT2D eigenvalue weighted by Gasteiger charge is -2.07. The van der Waals surface area contributed by atoms with Crippen LogP contribution in [0.1, 0.15) is 15.2 Å². The molecule has 0 spiro atoms. The van der Waals surface area contributed by atoms with Crippen LogP contribution in [0.25, 0.3) is 11.1 Å². The highest BCUT2D eigenvalue weighted by molar-refractivity contribution is 7.92. The maximum Gasteiger partial charge on any atom is 0.265 e. The summed E-state index contributed by atoms with van der Waals surface area (Å²) in [7, 11) is -3.39. The molecule has 3 aromatic rings. The number of anilines is 2. The van der Waals surface area contributed by atoms with Crippen molar-refractivity contribution in [3.63, 3.8) is 0 Å². The summed E-state index contributed by atoms with van der Waals surface area (Å²) in [4.78, 5) is 13.0. The molecule has 3 N–H and O–H groups in total. The SMILES string of the molecule is Cc1ccc(O)cc1-c1csc(C(=O)Nc2cccc(NS(C)(=O)=O)c2)c1. The lowest BCUT2D eigenvalue weighted by molar-refractivity contribution is 0.103. The Labute approximate surface area is 161 Å². The van der Waals surface area contributed by atoms with Gasteiger partial charge in [-0.15, -0.1) is 11.3 Å². The van der Waals surface area contributed by atoms with Gasteiger partial charge in [0.05, 0.1) is 16.8 Å². The van der Waals surface area contributed by atoms with Gasteiger partial charge in [-0.1, -0.05) is 12.1 Å². The number of thiophene rings is 1. The number of hydrogen-bond acceptors (Lipinski definition) is 5. The summed E-state index contributed by atoms with van der Waals surface area (Å²) in [5.41, 5.74) is 3.57. The third-order valence-electron chi connectivity index (χ3n) is 3.78. The second-order valence-corrected chi connectivity index (χ2v) is 8.77. The molecule has 1 amide bonds. The van der Waals surface area contributed by atoms with Crippen molar-refractivity contribution in [2.75, 3.05) is 16.3 Å². The third kappa shape index (κ3) is 4.87. The van der Waals surface area contributed by atoms with Crippen LogP contribution in [0.3, 0.4) is 0 Å². The number of aryl methyl sites for hydroxylation is 1. The van der Waals surface area contributed by atoms with Crippen LogP contribution < -0.4 is 10.0 Å². The number of benzene rings is 2. The number of nitrogens with one attached hydrogen (secondary N) is 2. The van der Waals surface area contributed by atoms with Gasteiger partial charge < -0.3 is 10.4 Å². The monoisotopic (exact) mass is 402 g/mol. The van der Waals surface area contributed by atoms with Crippen molar-refractivity contribution >= 4 is 38.6 Å². The number of carbonyl (C=O) groups is 1. The second-order valence-electron chi connectivity index (χ2n) is 6.11. The Hall–Kier alpha value is -2.84. The molecule has 1 heterocycles. The summed E-state index contributed by atoms with van der Waals surface area (Å²) in [5.74, 6) is -0.122. The highest BCUT2D eigenvalue weighted by atomic mass is 32.2. The maximum atomic E-state index is 12.5. The minimum Gasteiger partial charge on any atom is -0.508 e. The van der Waals surface area contributed by atoms with E-state index in [1.165, 1.54) is 11.3 Å². The molecule has 0 saturated carbocycles. The highest BCUT2D eigenvalue weighted by Crippen LogP contribution is 2.31. The fourth-order valence-electron chi connectivity index (χ4n) is 2.58. The topological polar surface area (TPSA) is 95.5 Å². The predicted molar refractivity (Wildman–Crippen MR) is 109 cm³/mol. The Kier molecular flexibility index (Phi) is 5.20. The van der Waals surface area contributed by atoms with Crippen molar-refractivity contribution in [3.8, 4) is 16.9 Å². The van der Waals surface area contributed by atoms with Gasteiger partial charge in [-0.2, -0.15) is 0 Å². The molecular weight excluding hydrogens is 384 g/mol. The van der Waals surface area contributed by atoms with E-state index < -0.39 is 10.0 Å². The highest BCUT2D eigenvalue weighted by Gasteiger charge is 2.13. The van der Waals surface area contributed by atoms with Crippen molar-refractivity contribution in [1.82, 2.24) is 0 Å². The van der Waals surface area contributed by atoms with Crippen molar-refractivity contribution in [2.24, 2.45) is 0 Å². The molecular formula is C19H18N2O4S2. The van der Waals surface area contributed by atoms with E-state index in [0.29, 0.717) is 16.3 Å². The molecule has 140 valence electrons. The van der Waals surface area contributed by atoms with E-state index in [2.05, 4.69) is 10.0 Å². The van der Waals surface area contributed by atoms with Crippen LogP contribution in [0.15, 0.2) is 53.9 Å². The van der Waals surface area contributed by atoms with Crippen LogP contribution in [0.4, 0.5) is 11.4 Å². The van der Waals surface area contributed by atoms with Gasteiger partial charge in [0.15, 0.2) is 0 Å². The normalized spacial score (nSPS) is 11.2. The maximum absolute atomic E-state index is 12.5. The van der Waals surface area contributed by atoms with Gasteiger partial charge in [0, 0.05) is 5.69 Å². The molecule has 27 heavy (non-hydrogen) atoms.